The fourth-order valence-electron chi connectivity index (χ4n) is 7.31. The van der Waals surface area contributed by atoms with Gasteiger partial charge in [0.2, 0.25) is 0 Å². The van der Waals surface area contributed by atoms with E-state index < -0.39 is 0 Å². The van der Waals surface area contributed by atoms with Crippen molar-refractivity contribution in [3.05, 3.63) is 205 Å². The molecule has 0 heterocycles. The van der Waals surface area contributed by atoms with Gasteiger partial charge in [-0.25, -0.2) is 0 Å². The van der Waals surface area contributed by atoms with Crippen molar-refractivity contribution < 1.29 is 0 Å². The molecule has 0 saturated heterocycles. The van der Waals surface area contributed by atoms with E-state index in [1.807, 2.05) is 6.08 Å². The number of allylic oxidation sites excluding steroid dienone is 17. The molecule has 0 aromatic heterocycles. The zero-order valence-electron chi connectivity index (χ0n) is 29.7. The van der Waals surface area contributed by atoms with Crippen molar-refractivity contribution in [2.24, 2.45) is 0 Å². The van der Waals surface area contributed by atoms with Gasteiger partial charge in [0.15, 0.2) is 0 Å². The van der Waals surface area contributed by atoms with E-state index in [1.54, 1.807) is 0 Å². The predicted molar refractivity (Wildman–Crippen MR) is 225 cm³/mol. The zero-order valence-corrected chi connectivity index (χ0v) is 29.7. The molecule has 1 heteroatoms. The van der Waals surface area contributed by atoms with Gasteiger partial charge in [-0.05, 0) is 125 Å². The number of hydrogen-bond acceptors (Lipinski definition) is 1. The standard InChI is InChI=1S/C50H45N/c1-4-17-38(6-3)39-29-31-43(32-30-39)51(50-35-42-23-13-14-24-45(42)47-25-15-16-26-48(47)50)44-33-34-46(49(36-44)41-21-11-8-12-22-41)40(18-5-2)28-27-37-19-9-7-10-20-37/h4-6,8-9,11,13-21,23-36H,2,7,10,12,22H2,1,3H3/b17-4-,28-27+,38-6+,40-18+. The maximum atomic E-state index is 4.10. The molecule has 0 aliphatic heterocycles. The van der Waals surface area contributed by atoms with E-state index in [2.05, 4.69) is 195 Å². The van der Waals surface area contributed by atoms with E-state index >= 15 is 0 Å². The molecule has 0 fully saturated rings. The quantitative estimate of drug-likeness (QED) is 0.107. The molecule has 0 radical (unpaired) electrons. The average Bonchev–Trinajstić information content (AvgIpc) is 3.20. The second-order valence-corrected chi connectivity index (χ2v) is 13.1. The number of nitrogens with zero attached hydrogens (tertiary/aromatic N) is 1. The third kappa shape index (κ3) is 7.21. The highest BCUT2D eigenvalue weighted by molar-refractivity contribution is 6.14. The highest BCUT2D eigenvalue weighted by Crippen LogP contribution is 2.44. The van der Waals surface area contributed by atoms with Gasteiger partial charge in [0.25, 0.3) is 0 Å². The van der Waals surface area contributed by atoms with Gasteiger partial charge in [-0.15, -0.1) is 0 Å². The van der Waals surface area contributed by atoms with E-state index in [0.717, 1.165) is 48.3 Å². The van der Waals surface area contributed by atoms with Gasteiger partial charge < -0.3 is 4.90 Å². The van der Waals surface area contributed by atoms with Crippen LogP contribution in [0.3, 0.4) is 0 Å². The third-order valence-corrected chi connectivity index (χ3v) is 9.81. The molecule has 5 aromatic carbocycles. The van der Waals surface area contributed by atoms with E-state index in [4.69, 9.17) is 0 Å². The van der Waals surface area contributed by atoms with Crippen LogP contribution in [0.25, 0.3) is 38.3 Å². The Hall–Kier alpha value is -5.92. The maximum absolute atomic E-state index is 4.10. The van der Waals surface area contributed by atoms with Crippen LogP contribution in [0.15, 0.2) is 188 Å². The summed E-state index contributed by atoms with van der Waals surface area (Å²) in [5.41, 5.74) is 12.0. The van der Waals surface area contributed by atoms with Gasteiger partial charge in [0.1, 0.15) is 0 Å². The Morgan fingerprint density at radius 1 is 0.725 bits per heavy atom. The molecule has 7 rings (SSSR count). The highest BCUT2D eigenvalue weighted by Gasteiger charge is 2.20. The lowest BCUT2D eigenvalue weighted by atomic mass is 9.88. The van der Waals surface area contributed by atoms with E-state index in [1.165, 1.54) is 55.0 Å². The van der Waals surface area contributed by atoms with Crippen molar-refractivity contribution in [2.45, 2.75) is 39.5 Å². The van der Waals surface area contributed by atoms with Crippen molar-refractivity contribution in [2.75, 3.05) is 4.90 Å². The summed E-state index contributed by atoms with van der Waals surface area (Å²) in [6.45, 7) is 8.27. The van der Waals surface area contributed by atoms with Crippen LogP contribution in [0.2, 0.25) is 0 Å². The zero-order chi connectivity index (χ0) is 35.0. The van der Waals surface area contributed by atoms with Crippen molar-refractivity contribution in [1.29, 1.82) is 0 Å². The number of fused-ring (bicyclic) bond motifs is 3. The van der Waals surface area contributed by atoms with Gasteiger partial charge >= 0.3 is 0 Å². The Bertz CT molecular complexity index is 2330. The first-order valence-electron chi connectivity index (χ1n) is 18.2. The number of hydrogen-bond donors (Lipinski definition) is 0. The maximum Gasteiger partial charge on any atom is 0.0546 e. The van der Waals surface area contributed by atoms with Crippen LogP contribution in [0.1, 0.15) is 56.2 Å². The Morgan fingerprint density at radius 3 is 2.24 bits per heavy atom. The van der Waals surface area contributed by atoms with Crippen molar-refractivity contribution in [3.8, 4) is 0 Å². The third-order valence-electron chi connectivity index (χ3n) is 9.81. The summed E-state index contributed by atoms with van der Waals surface area (Å²) in [4.78, 5) is 2.44. The van der Waals surface area contributed by atoms with Crippen LogP contribution >= 0.6 is 0 Å². The first-order chi connectivity index (χ1) is 25.2. The summed E-state index contributed by atoms with van der Waals surface area (Å²) >= 11 is 0. The minimum atomic E-state index is 0.997. The molecule has 0 bridgehead atoms. The first kappa shape index (κ1) is 33.6. The Kier molecular flexibility index (Phi) is 10.4. The smallest absolute Gasteiger partial charge is 0.0546 e. The Morgan fingerprint density at radius 2 is 1.51 bits per heavy atom. The van der Waals surface area contributed by atoms with E-state index in [9.17, 15) is 0 Å². The number of rotatable bonds is 10. The molecule has 2 aliphatic carbocycles. The van der Waals surface area contributed by atoms with Crippen molar-refractivity contribution in [1.82, 2.24) is 0 Å². The molecule has 0 amide bonds. The van der Waals surface area contributed by atoms with Crippen LogP contribution in [0, 0.1) is 0 Å². The second-order valence-electron chi connectivity index (χ2n) is 13.1. The lowest BCUT2D eigenvalue weighted by molar-refractivity contribution is 1.03. The van der Waals surface area contributed by atoms with E-state index in [0.29, 0.717) is 0 Å². The SMILES string of the molecule is C=C/C=C(\C=C\C1=CCCC=C1)c1ccc(N(c2ccc(C(/C=C\C)=C/C)cc2)c2cc3ccccc3c3ccccc23)cc1C1=CC=CCC1. The molecular weight excluding hydrogens is 615 g/mol. The van der Waals surface area contributed by atoms with Gasteiger partial charge in [-0.1, -0.05) is 152 Å². The van der Waals surface area contributed by atoms with Crippen LogP contribution in [0.5, 0.6) is 0 Å². The lowest BCUT2D eigenvalue weighted by Crippen LogP contribution is -2.12. The molecule has 2 aliphatic rings. The molecule has 0 saturated carbocycles. The Labute approximate surface area is 303 Å². The summed E-state index contributed by atoms with van der Waals surface area (Å²) in [6, 6.07) is 35.9. The van der Waals surface area contributed by atoms with Crippen LogP contribution in [-0.2, 0) is 0 Å². The fourth-order valence-corrected chi connectivity index (χ4v) is 7.31. The van der Waals surface area contributed by atoms with Crippen molar-refractivity contribution in [3.63, 3.8) is 0 Å². The molecule has 0 spiro atoms. The second kappa shape index (κ2) is 15.7. The average molecular weight is 660 g/mol. The first-order valence-corrected chi connectivity index (χ1v) is 18.2. The van der Waals surface area contributed by atoms with Gasteiger partial charge in [-0.3, -0.25) is 0 Å². The summed E-state index contributed by atoms with van der Waals surface area (Å²) in [7, 11) is 0. The molecule has 250 valence electrons. The van der Waals surface area contributed by atoms with Crippen LogP contribution in [0.4, 0.5) is 17.1 Å². The van der Waals surface area contributed by atoms with Gasteiger partial charge in [-0.2, -0.15) is 0 Å². The summed E-state index contributed by atoms with van der Waals surface area (Å²) in [6.07, 6.45) is 32.7. The minimum Gasteiger partial charge on any atom is -0.310 e. The van der Waals surface area contributed by atoms with Crippen molar-refractivity contribution >= 4 is 55.3 Å². The molecule has 0 unspecified atom stereocenters. The largest absolute Gasteiger partial charge is 0.310 e. The van der Waals surface area contributed by atoms with Gasteiger partial charge in [0.05, 0.1) is 5.69 Å². The molecule has 0 atom stereocenters. The summed E-state index contributed by atoms with van der Waals surface area (Å²) in [5.74, 6) is 0. The molecule has 5 aromatic rings. The Balaban J connectivity index is 1.45. The lowest BCUT2D eigenvalue weighted by Gasteiger charge is -2.29. The summed E-state index contributed by atoms with van der Waals surface area (Å²) in [5, 5.41) is 4.96. The predicted octanol–water partition coefficient (Wildman–Crippen LogP) is 14.6. The molecule has 1 nitrogen and oxygen atoms in total. The fraction of sp³-hybridized carbons (Fsp3) is 0.120. The van der Waals surface area contributed by atoms with E-state index in [-0.39, 0.29) is 0 Å². The number of benzene rings is 5. The summed E-state index contributed by atoms with van der Waals surface area (Å²) < 4.78 is 0. The molecular formula is C50H45N. The normalized spacial score (nSPS) is 15.2. The highest BCUT2D eigenvalue weighted by atomic mass is 15.1. The minimum absolute atomic E-state index is 0.997. The monoisotopic (exact) mass is 659 g/mol. The van der Waals surface area contributed by atoms with Crippen LogP contribution in [-0.4, -0.2) is 0 Å². The molecule has 51 heavy (non-hydrogen) atoms. The topological polar surface area (TPSA) is 3.24 Å². The molecule has 0 N–H and O–H groups in total. The number of anilines is 3. The van der Waals surface area contributed by atoms with Gasteiger partial charge in [0, 0.05) is 16.8 Å². The van der Waals surface area contributed by atoms with Crippen LogP contribution < -0.4 is 4.90 Å².